The Morgan fingerprint density at radius 1 is 1.37 bits per heavy atom. The Morgan fingerprint density at radius 3 is 2.89 bits per heavy atom. The van der Waals surface area contributed by atoms with E-state index in [4.69, 9.17) is 21.8 Å². The maximum Gasteiger partial charge on any atom is 0.292 e. The summed E-state index contributed by atoms with van der Waals surface area (Å²) in [5.74, 6) is 0. The first-order valence-corrected chi connectivity index (χ1v) is 9.02. The van der Waals surface area contributed by atoms with Gasteiger partial charge in [0.25, 0.3) is 6.01 Å². The van der Waals surface area contributed by atoms with E-state index in [-0.39, 0.29) is 11.7 Å². The maximum atomic E-state index is 10.7. The highest BCUT2D eigenvalue weighted by Gasteiger charge is 2.27. The molecule has 27 heavy (non-hydrogen) atoms. The van der Waals surface area contributed by atoms with Crippen molar-refractivity contribution in [3.05, 3.63) is 47.6 Å². The topological polar surface area (TPSA) is 114 Å². The van der Waals surface area contributed by atoms with Crippen LogP contribution in [0.1, 0.15) is 19.5 Å². The molecule has 5 N–H and O–H groups in total. The molecule has 0 saturated carbocycles. The predicted molar refractivity (Wildman–Crippen MR) is 105 cm³/mol. The summed E-state index contributed by atoms with van der Waals surface area (Å²) in [6.45, 7) is 6.19. The number of oxazole rings is 1. The maximum absolute atomic E-state index is 10.7. The van der Waals surface area contributed by atoms with Gasteiger partial charge in [0.05, 0.1) is 23.5 Å². The van der Waals surface area contributed by atoms with E-state index >= 15 is 0 Å². The smallest absolute Gasteiger partial charge is 0.292 e. The molecule has 0 fully saturated rings. The van der Waals surface area contributed by atoms with Crippen molar-refractivity contribution in [2.45, 2.75) is 26.1 Å². The summed E-state index contributed by atoms with van der Waals surface area (Å²) >= 11 is 6.30. The van der Waals surface area contributed by atoms with E-state index in [0.29, 0.717) is 10.7 Å². The molecule has 144 valence electrons. The third-order valence-corrected chi connectivity index (χ3v) is 4.43. The van der Waals surface area contributed by atoms with Crippen LogP contribution in [0.3, 0.4) is 0 Å². The van der Waals surface area contributed by atoms with E-state index in [1.807, 2.05) is 23.0 Å². The van der Waals surface area contributed by atoms with E-state index in [1.165, 1.54) is 6.26 Å². The molecular weight excluding hydrogens is 368 g/mol. The van der Waals surface area contributed by atoms with Gasteiger partial charge < -0.3 is 25.9 Å². The lowest BCUT2D eigenvalue weighted by Crippen LogP contribution is -2.32. The number of hydrogen-bond donors (Lipinski definition) is 4. The lowest BCUT2D eigenvalue weighted by atomic mass is 10.1. The summed E-state index contributed by atoms with van der Waals surface area (Å²) in [7, 11) is 0. The molecule has 8 nitrogen and oxygen atoms in total. The predicted octanol–water partition coefficient (Wildman–Crippen LogP) is 2.66. The summed E-state index contributed by atoms with van der Waals surface area (Å²) in [6.07, 6.45) is 5.07. The fourth-order valence-corrected chi connectivity index (χ4v) is 2.81. The Bertz CT molecular complexity index is 905. The van der Waals surface area contributed by atoms with Crippen LogP contribution >= 0.6 is 11.6 Å². The number of halogens is 1. The molecule has 9 heteroatoms. The van der Waals surface area contributed by atoms with Gasteiger partial charge in [-0.15, -0.1) is 0 Å². The molecule has 3 rings (SSSR count). The van der Waals surface area contributed by atoms with Crippen LogP contribution in [0.2, 0.25) is 5.02 Å². The van der Waals surface area contributed by atoms with Gasteiger partial charge in [-0.2, -0.15) is 10.1 Å². The second kappa shape index (κ2) is 7.99. The first kappa shape index (κ1) is 19.2. The molecule has 0 spiro atoms. The summed E-state index contributed by atoms with van der Waals surface area (Å²) in [5.41, 5.74) is 6.68. The molecule has 1 unspecified atom stereocenters. The number of nitrogens with zero attached hydrogens (tertiary/aromatic N) is 3. The van der Waals surface area contributed by atoms with Crippen LogP contribution in [0.25, 0.3) is 11.1 Å². The van der Waals surface area contributed by atoms with Crippen molar-refractivity contribution in [1.82, 2.24) is 20.1 Å². The summed E-state index contributed by atoms with van der Waals surface area (Å²) in [6, 6.07) is 5.51. The fraction of sp³-hybridized carbons (Fsp3) is 0.333. The van der Waals surface area contributed by atoms with Crippen LogP contribution in [0.15, 0.2) is 41.3 Å². The molecule has 3 aromatic rings. The highest BCUT2D eigenvalue weighted by molar-refractivity contribution is 6.33. The van der Waals surface area contributed by atoms with Gasteiger partial charge in [-0.3, -0.25) is 4.68 Å². The molecule has 0 aliphatic heterocycles. The Labute approximate surface area is 162 Å². The Kier molecular flexibility index (Phi) is 5.69. The van der Waals surface area contributed by atoms with Crippen molar-refractivity contribution in [2.24, 2.45) is 0 Å². The molecular formula is C18H23ClN6O2. The number of aliphatic hydroxyl groups is 1. The third-order valence-electron chi connectivity index (χ3n) is 4.10. The number of rotatable bonds is 8. The number of likely N-dealkylation sites (N-methyl/N-ethyl adjacent to an activating group) is 1. The van der Waals surface area contributed by atoms with Gasteiger partial charge in [0, 0.05) is 18.3 Å². The Balaban J connectivity index is 1.80. The standard InChI is InChI=1S/C18H23ClN6O2/c1-3-21-6-7-25-10-13(9-22-25)12-4-5-14(19)15(8-12)24-18(2,26)16-11-27-17(20)23-16/h4-5,8-11,21,24,26H,3,6-7H2,1-2H3,(H2,20,23). The number of nitrogen functional groups attached to an aromatic ring is 1. The van der Waals surface area contributed by atoms with Gasteiger partial charge >= 0.3 is 0 Å². The normalized spacial score (nSPS) is 13.5. The molecule has 0 radical (unpaired) electrons. The van der Waals surface area contributed by atoms with Gasteiger partial charge in [-0.25, -0.2) is 0 Å². The van der Waals surface area contributed by atoms with Crippen molar-refractivity contribution in [3.63, 3.8) is 0 Å². The molecule has 0 amide bonds. The zero-order valence-corrected chi connectivity index (χ0v) is 16.0. The van der Waals surface area contributed by atoms with Gasteiger partial charge in [-0.1, -0.05) is 24.6 Å². The second-order valence-electron chi connectivity index (χ2n) is 6.31. The molecule has 0 aliphatic rings. The number of nitrogens with one attached hydrogen (secondary N) is 2. The fourth-order valence-electron chi connectivity index (χ4n) is 2.64. The molecule has 2 heterocycles. The van der Waals surface area contributed by atoms with Crippen molar-refractivity contribution in [1.29, 1.82) is 0 Å². The van der Waals surface area contributed by atoms with Gasteiger partial charge in [0.2, 0.25) is 0 Å². The zero-order valence-electron chi connectivity index (χ0n) is 15.2. The van der Waals surface area contributed by atoms with Crippen molar-refractivity contribution in [2.75, 3.05) is 24.1 Å². The molecule has 0 saturated heterocycles. The molecule has 0 aliphatic carbocycles. The van der Waals surface area contributed by atoms with Crippen molar-refractivity contribution >= 4 is 23.3 Å². The number of hydrogen-bond acceptors (Lipinski definition) is 7. The van der Waals surface area contributed by atoms with E-state index < -0.39 is 5.72 Å². The number of nitrogens with two attached hydrogens (primary N) is 1. The van der Waals surface area contributed by atoms with Gasteiger partial charge in [-0.05, 0) is 31.2 Å². The number of anilines is 2. The lowest BCUT2D eigenvalue weighted by Gasteiger charge is -2.24. The quantitative estimate of drug-likeness (QED) is 0.345. The average Bonchev–Trinajstić information content (AvgIpc) is 3.26. The minimum Gasteiger partial charge on any atom is -0.432 e. The van der Waals surface area contributed by atoms with E-state index in [1.54, 1.807) is 19.2 Å². The van der Waals surface area contributed by atoms with Gasteiger partial charge in [0.1, 0.15) is 12.0 Å². The van der Waals surface area contributed by atoms with Crippen molar-refractivity contribution in [3.8, 4) is 11.1 Å². The van der Waals surface area contributed by atoms with Crippen LogP contribution < -0.4 is 16.4 Å². The van der Waals surface area contributed by atoms with E-state index in [0.717, 1.165) is 30.8 Å². The highest BCUT2D eigenvalue weighted by atomic mass is 35.5. The largest absolute Gasteiger partial charge is 0.432 e. The lowest BCUT2D eigenvalue weighted by molar-refractivity contribution is 0.0839. The second-order valence-corrected chi connectivity index (χ2v) is 6.72. The van der Waals surface area contributed by atoms with Crippen molar-refractivity contribution < 1.29 is 9.52 Å². The molecule has 0 bridgehead atoms. The third kappa shape index (κ3) is 4.60. The summed E-state index contributed by atoms with van der Waals surface area (Å²) < 4.78 is 6.86. The van der Waals surface area contributed by atoms with Crippen LogP contribution in [-0.2, 0) is 12.3 Å². The number of aromatic nitrogens is 3. The average molecular weight is 391 g/mol. The Morgan fingerprint density at radius 2 is 2.19 bits per heavy atom. The van der Waals surface area contributed by atoms with Crippen LogP contribution in [-0.4, -0.2) is 33.0 Å². The Hall–Kier alpha value is -2.55. The summed E-state index contributed by atoms with van der Waals surface area (Å²) in [4.78, 5) is 3.96. The van der Waals surface area contributed by atoms with E-state index in [2.05, 4.69) is 27.6 Å². The first-order valence-electron chi connectivity index (χ1n) is 8.64. The van der Waals surface area contributed by atoms with Crippen LogP contribution in [0, 0.1) is 0 Å². The molecule has 2 aromatic heterocycles. The molecule has 1 aromatic carbocycles. The molecule has 1 atom stereocenters. The minimum absolute atomic E-state index is 0.0168. The van der Waals surface area contributed by atoms with Crippen LogP contribution in [0.5, 0.6) is 0 Å². The van der Waals surface area contributed by atoms with E-state index in [9.17, 15) is 5.11 Å². The first-order chi connectivity index (χ1) is 12.9. The van der Waals surface area contributed by atoms with Crippen LogP contribution in [0.4, 0.5) is 11.7 Å². The SMILES string of the molecule is CCNCCn1cc(-c2ccc(Cl)c(NC(C)(O)c3coc(N)n3)c2)cn1. The zero-order chi connectivity index (χ0) is 19.4. The number of benzene rings is 1. The van der Waals surface area contributed by atoms with Gasteiger partial charge in [0.15, 0.2) is 5.72 Å². The monoisotopic (exact) mass is 390 g/mol. The highest BCUT2D eigenvalue weighted by Crippen LogP contribution is 2.32. The summed E-state index contributed by atoms with van der Waals surface area (Å²) in [5, 5.41) is 21.8. The minimum atomic E-state index is -1.50.